The summed E-state index contributed by atoms with van der Waals surface area (Å²) in [7, 11) is 0. The van der Waals surface area contributed by atoms with Crippen LogP contribution in [-0.4, -0.2) is 16.2 Å². The second-order valence-electron chi connectivity index (χ2n) is 10.9. The van der Waals surface area contributed by atoms with Gasteiger partial charge in [-0.1, -0.05) is 31.2 Å². The van der Waals surface area contributed by atoms with Crippen molar-refractivity contribution >= 4 is 10.8 Å². The fourth-order valence-electron chi connectivity index (χ4n) is 8.29. The number of rotatable bonds is 1. The van der Waals surface area contributed by atoms with Gasteiger partial charge in [0.1, 0.15) is 0 Å². The summed E-state index contributed by atoms with van der Waals surface area (Å²) in [5.41, 5.74) is 5.08. The number of hydrogen-bond donors (Lipinski definition) is 0. The maximum Gasteiger partial charge on any atom is 0.0941 e. The second-order valence-corrected chi connectivity index (χ2v) is 10.9. The fraction of sp³-hybridized carbons (Fsp3) is 0.536. The van der Waals surface area contributed by atoms with Crippen LogP contribution in [0.15, 0.2) is 60.0 Å². The molecule has 0 amide bonds. The molecular weight excluding hydrogens is 366 g/mol. The molecule has 7 rings (SSSR count). The van der Waals surface area contributed by atoms with Crippen molar-refractivity contribution in [3.63, 3.8) is 0 Å². The van der Waals surface area contributed by atoms with Crippen LogP contribution < -0.4 is 0 Å². The third kappa shape index (κ3) is 2.11. The van der Waals surface area contributed by atoms with Crippen LogP contribution in [0.1, 0.15) is 76.2 Å². The van der Waals surface area contributed by atoms with Gasteiger partial charge in [0.15, 0.2) is 0 Å². The molecule has 2 aliphatic heterocycles. The van der Waals surface area contributed by atoms with Gasteiger partial charge in [0.2, 0.25) is 0 Å². The van der Waals surface area contributed by atoms with Gasteiger partial charge in [-0.2, -0.15) is 0 Å². The summed E-state index contributed by atoms with van der Waals surface area (Å²) in [5.74, 6) is 1.29. The number of pyridine rings is 1. The fourth-order valence-corrected chi connectivity index (χ4v) is 8.29. The van der Waals surface area contributed by atoms with E-state index < -0.39 is 0 Å². The summed E-state index contributed by atoms with van der Waals surface area (Å²) in [6.45, 7) is 2.59. The summed E-state index contributed by atoms with van der Waals surface area (Å²) in [5, 5.41) is 2.58. The molecule has 0 radical (unpaired) electrons. The largest absolute Gasteiger partial charge is 0.359 e. The number of hydrogen-bond acceptors (Lipinski definition) is 2. The van der Waals surface area contributed by atoms with E-state index in [2.05, 4.69) is 48.3 Å². The van der Waals surface area contributed by atoms with E-state index >= 15 is 0 Å². The number of allylic oxidation sites excluding steroid dienone is 1. The van der Waals surface area contributed by atoms with Crippen LogP contribution in [-0.2, 0) is 4.74 Å². The van der Waals surface area contributed by atoms with Gasteiger partial charge in [-0.05, 0) is 109 Å². The van der Waals surface area contributed by atoms with E-state index in [1.807, 2.05) is 12.4 Å². The van der Waals surface area contributed by atoms with Gasteiger partial charge in [-0.15, -0.1) is 0 Å². The Balaban J connectivity index is 1.31. The molecule has 154 valence electrons. The topological polar surface area (TPSA) is 22.1 Å². The van der Waals surface area contributed by atoms with E-state index in [0.717, 1.165) is 0 Å². The van der Waals surface area contributed by atoms with E-state index in [9.17, 15) is 0 Å². The lowest BCUT2D eigenvalue weighted by atomic mass is 9.56. The molecule has 1 saturated heterocycles. The van der Waals surface area contributed by atoms with Gasteiger partial charge < -0.3 is 4.74 Å². The third-order valence-corrected chi connectivity index (χ3v) is 9.73. The molecule has 3 aliphatic carbocycles. The van der Waals surface area contributed by atoms with Gasteiger partial charge in [-0.25, -0.2) is 0 Å². The number of nitrogens with zero attached hydrogens (tertiary/aromatic N) is 1. The molecule has 30 heavy (non-hydrogen) atoms. The van der Waals surface area contributed by atoms with Crippen molar-refractivity contribution in [1.82, 2.24) is 4.98 Å². The van der Waals surface area contributed by atoms with Crippen LogP contribution in [0, 0.1) is 11.3 Å². The Labute approximate surface area is 179 Å². The van der Waals surface area contributed by atoms with Crippen molar-refractivity contribution < 1.29 is 4.74 Å². The molecule has 2 bridgehead atoms. The normalized spacial score (nSPS) is 41.6. The standard InChI is InChI=1S/C28H31NO/c1-26-12-9-23-17-22-4-2-3-11-27(22)13-14-28(23,30-27)25(26)8-7-24(26)20-6-5-19-10-15-29-18-21(19)16-20/h4-6,10,15-18,24-25H,2-3,7-9,11-14H2,1H3/t24-,25-,26-,27+,28-/m1/s1. The summed E-state index contributed by atoms with van der Waals surface area (Å²) < 4.78 is 7.27. The van der Waals surface area contributed by atoms with Crippen molar-refractivity contribution in [1.29, 1.82) is 0 Å². The van der Waals surface area contributed by atoms with Crippen LogP contribution in [0.2, 0.25) is 0 Å². The van der Waals surface area contributed by atoms with Crippen molar-refractivity contribution in [3.8, 4) is 0 Å². The lowest BCUT2D eigenvalue weighted by molar-refractivity contribution is -0.140. The predicted octanol–water partition coefficient (Wildman–Crippen LogP) is 6.87. The molecule has 1 aromatic carbocycles. The highest BCUT2D eigenvalue weighted by Gasteiger charge is 2.66. The van der Waals surface area contributed by atoms with E-state index in [4.69, 9.17) is 4.74 Å². The van der Waals surface area contributed by atoms with Gasteiger partial charge in [0, 0.05) is 17.8 Å². The van der Waals surface area contributed by atoms with Crippen LogP contribution in [0.25, 0.3) is 10.8 Å². The predicted molar refractivity (Wildman–Crippen MR) is 120 cm³/mol. The van der Waals surface area contributed by atoms with Crippen molar-refractivity contribution in [2.45, 2.75) is 81.8 Å². The molecule has 0 N–H and O–H groups in total. The molecule has 3 fully saturated rings. The maximum absolute atomic E-state index is 7.27. The summed E-state index contributed by atoms with van der Waals surface area (Å²) >= 11 is 0. The summed E-state index contributed by atoms with van der Waals surface area (Å²) in [6, 6.07) is 9.24. The molecule has 2 nitrogen and oxygen atoms in total. The molecular formula is C28H31NO. The minimum absolute atomic E-state index is 0.0227. The van der Waals surface area contributed by atoms with Crippen molar-refractivity contribution in [2.24, 2.45) is 11.3 Å². The number of benzene rings is 1. The highest BCUT2D eigenvalue weighted by Crippen LogP contribution is 2.70. The third-order valence-electron chi connectivity index (χ3n) is 9.73. The highest BCUT2D eigenvalue weighted by molar-refractivity contribution is 5.82. The zero-order valence-corrected chi connectivity index (χ0v) is 18.0. The van der Waals surface area contributed by atoms with Crippen LogP contribution in [0.5, 0.6) is 0 Å². The first-order valence-corrected chi connectivity index (χ1v) is 12.1. The van der Waals surface area contributed by atoms with Crippen molar-refractivity contribution in [3.05, 3.63) is 65.5 Å². The molecule has 2 saturated carbocycles. The van der Waals surface area contributed by atoms with E-state index in [-0.39, 0.29) is 11.2 Å². The molecule has 2 spiro atoms. The Bertz CT molecular complexity index is 1110. The van der Waals surface area contributed by atoms with E-state index in [0.29, 0.717) is 17.3 Å². The molecule has 3 heterocycles. The number of ether oxygens (including phenoxy) is 1. The second kappa shape index (κ2) is 5.85. The monoisotopic (exact) mass is 397 g/mol. The van der Waals surface area contributed by atoms with E-state index in [1.54, 1.807) is 5.57 Å². The van der Waals surface area contributed by atoms with Gasteiger partial charge in [0.25, 0.3) is 0 Å². The molecule has 2 aromatic rings. The SMILES string of the molecule is C[C@]12CCC3=CC4=CCCC[C@]45CC[C@]3(O5)[C@@H]1CC[C@@H]2c1ccc2ccncc2c1. The van der Waals surface area contributed by atoms with Crippen molar-refractivity contribution in [2.75, 3.05) is 0 Å². The molecule has 5 atom stereocenters. The first kappa shape index (κ1) is 17.7. The Morgan fingerprint density at radius 2 is 2.00 bits per heavy atom. The molecule has 0 unspecified atom stereocenters. The number of aromatic nitrogens is 1. The summed E-state index contributed by atoms with van der Waals surface area (Å²) in [6.07, 6.45) is 20.3. The minimum Gasteiger partial charge on any atom is -0.359 e. The Morgan fingerprint density at radius 3 is 2.97 bits per heavy atom. The quantitative estimate of drug-likeness (QED) is 0.524. The Morgan fingerprint density at radius 1 is 1.03 bits per heavy atom. The first-order chi connectivity index (χ1) is 14.6. The van der Waals surface area contributed by atoms with Gasteiger partial charge in [-0.3, -0.25) is 4.98 Å². The molecule has 1 aromatic heterocycles. The zero-order chi connectivity index (χ0) is 20.0. The average molecular weight is 398 g/mol. The molecule has 5 aliphatic rings. The van der Waals surface area contributed by atoms with Crippen LogP contribution in [0.4, 0.5) is 0 Å². The minimum atomic E-state index is 0.0227. The Kier molecular flexibility index (Phi) is 3.46. The van der Waals surface area contributed by atoms with Gasteiger partial charge >= 0.3 is 0 Å². The molecule has 2 heteroatoms. The smallest absolute Gasteiger partial charge is 0.0941 e. The lowest BCUT2D eigenvalue weighted by Gasteiger charge is -2.55. The zero-order valence-electron chi connectivity index (χ0n) is 18.0. The average Bonchev–Trinajstić information content (AvgIpc) is 3.29. The highest BCUT2D eigenvalue weighted by atomic mass is 16.5. The van der Waals surface area contributed by atoms with Gasteiger partial charge in [0.05, 0.1) is 11.2 Å². The van der Waals surface area contributed by atoms with Crippen LogP contribution in [0.3, 0.4) is 0 Å². The maximum atomic E-state index is 7.27. The first-order valence-electron chi connectivity index (χ1n) is 12.1. The van der Waals surface area contributed by atoms with Crippen LogP contribution >= 0.6 is 0 Å². The summed E-state index contributed by atoms with van der Waals surface area (Å²) in [4.78, 5) is 4.37. The lowest BCUT2D eigenvalue weighted by Crippen LogP contribution is -2.54. The Hall–Kier alpha value is -1.93. The number of fused-ring (bicyclic) bond motifs is 2. The van der Waals surface area contributed by atoms with E-state index in [1.165, 1.54) is 79.7 Å².